The summed E-state index contributed by atoms with van der Waals surface area (Å²) in [6, 6.07) is 14.7. The Kier molecular flexibility index (Phi) is 5.38. The Balaban J connectivity index is 1.30. The third-order valence-corrected chi connectivity index (χ3v) is 6.58. The van der Waals surface area contributed by atoms with Crippen LogP contribution in [0, 0.1) is 0 Å². The summed E-state index contributed by atoms with van der Waals surface area (Å²) in [6.45, 7) is 4.67. The van der Waals surface area contributed by atoms with E-state index in [9.17, 15) is 14.4 Å². The molecule has 3 heterocycles. The maximum atomic E-state index is 13.1. The number of H-pyrrole nitrogens is 1. The molecule has 0 saturated carbocycles. The molecule has 170 valence electrons. The van der Waals surface area contributed by atoms with E-state index in [2.05, 4.69) is 15.2 Å². The van der Waals surface area contributed by atoms with Crippen LogP contribution in [0.3, 0.4) is 0 Å². The monoisotopic (exact) mass is 446 g/mol. The van der Waals surface area contributed by atoms with Gasteiger partial charge in [0.25, 0.3) is 0 Å². The first-order chi connectivity index (χ1) is 15.9. The molecule has 2 aromatic carbocycles. The lowest BCUT2D eigenvalue weighted by Crippen LogP contribution is -2.47. The second-order valence-corrected chi connectivity index (χ2v) is 8.61. The normalized spacial score (nSPS) is 16.3. The molecule has 33 heavy (non-hydrogen) atoms. The van der Waals surface area contributed by atoms with E-state index in [1.54, 1.807) is 6.07 Å². The minimum absolute atomic E-state index is 0.0855. The number of aromatic nitrogens is 2. The van der Waals surface area contributed by atoms with E-state index in [-0.39, 0.29) is 35.2 Å². The van der Waals surface area contributed by atoms with Gasteiger partial charge in [0.1, 0.15) is 5.58 Å². The zero-order chi connectivity index (χ0) is 23.1. The smallest absolute Gasteiger partial charge is 0.326 e. The molecular formula is C25H26N4O4. The van der Waals surface area contributed by atoms with Gasteiger partial charge in [0, 0.05) is 31.4 Å². The number of piperidine rings is 1. The molecule has 2 aromatic heterocycles. The SMILES string of the molecule is CC(=O)c1oc2ccccc2c1NC(=O)C(C)N1CCC(n2c(=O)[nH]c3ccccc32)CC1. The van der Waals surface area contributed by atoms with Crippen molar-refractivity contribution in [1.29, 1.82) is 0 Å². The Labute approximate surface area is 190 Å². The highest BCUT2D eigenvalue weighted by Gasteiger charge is 2.30. The quantitative estimate of drug-likeness (QED) is 0.452. The van der Waals surface area contributed by atoms with E-state index in [1.807, 2.05) is 54.0 Å². The Morgan fingerprint density at radius 3 is 2.55 bits per heavy atom. The van der Waals surface area contributed by atoms with Crippen molar-refractivity contribution in [3.05, 3.63) is 64.8 Å². The molecule has 0 bridgehead atoms. The maximum absolute atomic E-state index is 13.1. The summed E-state index contributed by atoms with van der Waals surface area (Å²) in [5.41, 5.74) is 2.65. The summed E-state index contributed by atoms with van der Waals surface area (Å²) in [6.07, 6.45) is 1.54. The molecule has 1 amide bonds. The van der Waals surface area contributed by atoms with Crippen LogP contribution in [0.2, 0.25) is 0 Å². The van der Waals surface area contributed by atoms with E-state index in [4.69, 9.17) is 4.42 Å². The molecule has 0 radical (unpaired) electrons. The first kappa shape index (κ1) is 21.2. The topological polar surface area (TPSA) is 100 Å². The molecule has 4 aromatic rings. The highest BCUT2D eigenvalue weighted by molar-refractivity contribution is 6.11. The van der Waals surface area contributed by atoms with E-state index in [1.165, 1.54) is 6.92 Å². The highest BCUT2D eigenvalue weighted by Crippen LogP contribution is 2.32. The lowest BCUT2D eigenvalue weighted by Gasteiger charge is -2.35. The fourth-order valence-corrected chi connectivity index (χ4v) is 4.78. The van der Waals surface area contributed by atoms with Gasteiger partial charge < -0.3 is 14.7 Å². The standard InChI is InChI=1S/C25H26N4O4/c1-15(24(31)27-22-18-7-3-6-10-21(18)33-23(22)16(2)30)28-13-11-17(12-14-28)29-20-9-5-4-8-19(20)26-25(29)32/h3-10,15,17H,11-14H2,1-2H3,(H,26,32)(H,27,31). The number of rotatable bonds is 5. The summed E-state index contributed by atoms with van der Waals surface area (Å²) in [5.74, 6) is -0.264. The molecule has 1 aliphatic heterocycles. The number of likely N-dealkylation sites (tertiary alicyclic amines) is 1. The van der Waals surface area contributed by atoms with Crippen LogP contribution in [0.5, 0.6) is 0 Å². The van der Waals surface area contributed by atoms with Gasteiger partial charge in [-0.2, -0.15) is 0 Å². The van der Waals surface area contributed by atoms with Gasteiger partial charge in [-0.15, -0.1) is 0 Å². The number of furan rings is 1. The minimum atomic E-state index is -0.390. The average molecular weight is 447 g/mol. The minimum Gasteiger partial charge on any atom is -0.451 e. The van der Waals surface area contributed by atoms with Gasteiger partial charge >= 0.3 is 5.69 Å². The zero-order valence-electron chi connectivity index (χ0n) is 18.6. The molecule has 8 nitrogen and oxygen atoms in total. The lowest BCUT2D eigenvalue weighted by molar-refractivity contribution is -0.121. The second-order valence-electron chi connectivity index (χ2n) is 8.61. The van der Waals surface area contributed by atoms with Crippen LogP contribution in [0.15, 0.2) is 57.7 Å². The van der Waals surface area contributed by atoms with E-state index < -0.39 is 0 Å². The molecule has 0 spiro atoms. The first-order valence-electron chi connectivity index (χ1n) is 11.2. The third-order valence-electron chi connectivity index (χ3n) is 6.58. The van der Waals surface area contributed by atoms with Crippen LogP contribution in [0.1, 0.15) is 43.3 Å². The van der Waals surface area contributed by atoms with Crippen LogP contribution < -0.4 is 11.0 Å². The van der Waals surface area contributed by atoms with Crippen molar-refractivity contribution < 1.29 is 14.0 Å². The number of ketones is 1. The summed E-state index contributed by atoms with van der Waals surface area (Å²) < 4.78 is 7.52. The summed E-state index contributed by atoms with van der Waals surface area (Å²) >= 11 is 0. The molecule has 1 aliphatic rings. The number of amides is 1. The van der Waals surface area contributed by atoms with Crippen LogP contribution in [0.25, 0.3) is 22.0 Å². The molecule has 0 aliphatic carbocycles. The van der Waals surface area contributed by atoms with Gasteiger partial charge in [-0.3, -0.25) is 19.1 Å². The number of anilines is 1. The molecule has 1 fully saturated rings. The van der Waals surface area contributed by atoms with Gasteiger partial charge in [0.15, 0.2) is 11.5 Å². The van der Waals surface area contributed by atoms with Gasteiger partial charge in [0.2, 0.25) is 5.91 Å². The summed E-state index contributed by atoms with van der Waals surface area (Å²) in [4.78, 5) is 42.7. The van der Waals surface area contributed by atoms with Crippen molar-refractivity contribution in [2.45, 2.75) is 38.8 Å². The van der Waals surface area contributed by atoms with E-state index in [0.717, 1.165) is 23.9 Å². The van der Waals surface area contributed by atoms with E-state index in [0.29, 0.717) is 29.7 Å². The molecule has 1 atom stereocenters. The van der Waals surface area contributed by atoms with Gasteiger partial charge in [-0.1, -0.05) is 24.3 Å². The predicted octanol–water partition coefficient (Wildman–Crippen LogP) is 3.94. The van der Waals surface area contributed by atoms with Crippen molar-refractivity contribution in [3.8, 4) is 0 Å². The van der Waals surface area contributed by atoms with Crippen molar-refractivity contribution in [2.75, 3.05) is 18.4 Å². The molecule has 8 heteroatoms. The van der Waals surface area contributed by atoms with E-state index >= 15 is 0 Å². The van der Waals surface area contributed by atoms with Crippen LogP contribution in [0.4, 0.5) is 5.69 Å². The fourth-order valence-electron chi connectivity index (χ4n) is 4.78. The number of hydrogen-bond acceptors (Lipinski definition) is 5. The third kappa shape index (κ3) is 3.76. The van der Waals surface area contributed by atoms with Crippen molar-refractivity contribution in [1.82, 2.24) is 14.5 Å². The zero-order valence-corrected chi connectivity index (χ0v) is 18.6. The number of para-hydroxylation sites is 3. The van der Waals surface area contributed by atoms with Crippen molar-refractivity contribution >= 4 is 39.4 Å². The number of nitrogens with one attached hydrogen (secondary N) is 2. The second kappa shape index (κ2) is 8.37. The fraction of sp³-hybridized carbons (Fsp3) is 0.320. The van der Waals surface area contributed by atoms with Crippen LogP contribution in [-0.4, -0.2) is 45.3 Å². The van der Waals surface area contributed by atoms with Crippen molar-refractivity contribution in [3.63, 3.8) is 0 Å². The Hall–Kier alpha value is -3.65. The Morgan fingerprint density at radius 1 is 1.09 bits per heavy atom. The number of hydrogen-bond donors (Lipinski definition) is 2. The molecule has 1 unspecified atom stereocenters. The number of carbonyl (C=O) groups is 2. The molecule has 1 saturated heterocycles. The average Bonchev–Trinajstić information content (AvgIpc) is 3.36. The van der Waals surface area contributed by atoms with Crippen LogP contribution in [-0.2, 0) is 4.79 Å². The summed E-state index contributed by atoms with van der Waals surface area (Å²) in [7, 11) is 0. The Morgan fingerprint density at radius 2 is 1.79 bits per heavy atom. The number of benzene rings is 2. The van der Waals surface area contributed by atoms with Gasteiger partial charge in [-0.25, -0.2) is 4.79 Å². The highest BCUT2D eigenvalue weighted by atomic mass is 16.3. The molecule has 5 rings (SSSR count). The van der Waals surface area contributed by atoms with Gasteiger partial charge in [0.05, 0.1) is 22.8 Å². The number of carbonyl (C=O) groups excluding carboxylic acids is 2. The Bertz CT molecular complexity index is 1400. The van der Waals surface area contributed by atoms with Crippen molar-refractivity contribution in [2.24, 2.45) is 0 Å². The number of aromatic amines is 1. The summed E-state index contributed by atoms with van der Waals surface area (Å²) in [5, 5.41) is 3.64. The lowest BCUT2D eigenvalue weighted by atomic mass is 10.0. The first-order valence-corrected chi connectivity index (χ1v) is 11.2. The molecular weight excluding hydrogens is 420 g/mol. The number of fused-ring (bicyclic) bond motifs is 2. The van der Waals surface area contributed by atoms with Crippen LogP contribution >= 0.6 is 0 Å². The number of nitrogens with zero attached hydrogens (tertiary/aromatic N) is 2. The number of imidazole rings is 1. The van der Waals surface area contributed by atoms with Gasteiger partial charge in [-0.05, 0) is 44.0 Å². The number of Topliss-reactive ketones (excluding diaryl/α,β-unsaturated/α-hetero) is 1. The largest absolute Gasteiger partial charge is 0.451 e. The predicted molar refractivity (Wildman–Crippen MR) is 127 cm³/mol. The molecule has 2 N–H and O–H groups in total. The maximum Gasteiger partial charge on any atom is 0.326 e.